The highest BCUT2D eigenvalue weighted by Crippen LogP contribution is 2.15. The van der Waals surface area contributed by atoms with E-state index in [1.165, 1.54) is 5.56 Å². The lowest BCUT2D eigenvalue weighted by atomic mass is 10.1. The second kappa shape index (κ2) is 7.12. The standard InChI is InChI=1S/C15H16ClNO2/c1-18-9-8-12-2-5-14(6-3-12)19-11-13-4-7-15(16)17-10-13/h2-7,10H,8-9,11H2,1H3. The minimum absolute atomic E-state index is 0.488. The third-order valence-electron chi connectivity index (χ3n) is 2.71. The minimum atomic E-state index is 0.488. The molecule has 0 aliphatic rings. The number of benzene rings is 1. The third-order valence-corrected chi connectivity index (χ3v) is 2.94. The van der Waals surface area contributed by atoms with Crippen LogP contribution in [-0.4, -0.2) is 18.7 Å². The van der Waals surface area contributed by atoms with Crippen molar-refractivity contribution in [3.05, 3.63) is 58.9 Å². The molecule has 19 heavy (non-hydrogen) atoms. The number of pyridine rings is 1. The summed E-state index contributed by atoms with van der Waals surface area (Å²) >= 11 is 5.73. The van der Waals surface area contributed by atoms with Crippen LogP contribution in [0, 0.1) is 0 Å². The summed E-state index contributed by atoms with van der Waals surface area (Å²) in [5.74, 6) is 0.844. The van der Waals surface area contributed by atoms with Gasteiger partial charge in [0.2, 0.25) is 0 Å². The van der Waals surface area contributed by atoms with Gasteiger partial charge in [0.1, 0.15) is 17.5 Å². The lowest BCUT2D eigenvalue weighted by Gasteiger charge is -2.07. The van der Waals surface area contributed by atoms with Gasteiger partial charge in [0.25, 0.3) is 0 Å². The van der Waals surface area contributed by atoms with Crippen LogP contribution in [-0.2, 0) is 17.8 Å². The molecule has 1 aromatic carbocycles. The molecule has 0 saturated heterocycles. The summed E-state index contributed by atoms with van der Waals surface area (Å²) in [5.41, 5.74) is 2.23. The SMILES string of the molecule is COCCc1ccc(OCc2ccc(Cl)nc2)cc1. The maximum Gasteiger partial charge on any atom is 0.129 e. The van der Waals surface area contributed by atoms with E-state index in [1.807, 2.05) is 18.2 Å². The quantitative estimate of drug-likeness (QED) is 0.757. The van der Waals surface area contributed by atoms with E-state index in [0.29, 0.717) is 11.8 Å². The van der Waals surface area contributed by atoms with Crippen molar-refractivity contribution in [2.24, 2.45) is 0 Å². The van der Waals surface area contributed by atoms with E-state index < -0.39 is 0 Å². The molecule has 100 valence electrons. The lowest BCUT2D eigenvalue weighted by molar-refractivity contribution is 0.202. The molecule has 1 aromatic heterocycles. The zero-order valence-corrected chi connectivity index (χ0v) is 11.6. The molecule has 0 fully saturated rings. The molecule has 0 radical (unpaired) electrons. The highest BCUT2D eigenvalue weighted by molar-refractivity contribution is 6.29. The molecule has 1 heterocycles. The maximum atomic E-state index is 5.73. The van der Waals surface area contributed by atoms with E-state index in [4.69, 9.17) is 21.1 Å². The Morgan fingerprint density at radius 3 is 2.42 bits per heavy atom. The largest absolute Gasteiger partial charge is 0.489 e. The van der Waals surface area contributed by atoms with Crippen molar-refractivity contribution in [2.75, 3.05) is 13.7 Å². The molecule has 0 saturated carbocycles. The zero-order chi connectivity index (χ0) is 13.5. The van der Waals surface area contributed by atoms with Crippen molar-refractivity contribution in [2.45, 2.75) is 13.0 Å². The fraction of sp³-hybridized carbons (Fsp3) is 0.267. The molecular weight excluding hydrogens is 262 g/mol. The summed E-state index contributed by atoms with van der Waals surface area (Å²) in [6, 6.07) is 11.7. The topological polar surface area (TPSA) is 31.4 Å². The first kappa shape index (κ1) is 13.8. The fourth-order valence-electron chi connectivity index (χ4n) is 1.63. The van der Waals surface area contributed by atoms with Crippen molar-refractivity contribution in [1.82, 2.24) is 4.98 Å². The van der Waals surface area contributed by atoms with Crippen LogP contribution in [0.25, 0.3) is 0 Å². The van der Waals surface area contributed by atoms with Crippen LogP contribution in [0.15, 0.2) is 42.6 Å². The number of halogens is 1. The highest BCUT2D eigenvalue weighted by Gasteiger charge is 1.98. The number of methoxy groups -OCH3 is 1. The number of aromatic nitrogens is 1. The summed E-state index contributed by atoms with van der Waals surface area (Å²) in [7, 11) is 1.71. The van der Waals surface area contributed by atoms with Gasteiger partial charge < -0.3 is 9.47 Å². The van der Waals surface area contributed by atoms with E-state index in [9.17, 15) is 0 Å². The van der Waals surface area contributed by atoms with Crippen molar-refractivity contribution in [3.8, 4) is 5.75 Å². The molecule has 0 aliphatic carbocycles. The normalized spacial score (nSPS) is 10.4. The van der Waals surface area contributed by atoms with Gasteiger partial charge in [-0.3, -0.25) is 0 Å². The average Bonchev–Trinajstić information content (AvgIpc) is 2.46. The minimum Gasteiger partial charge on any atom is -0.489 e. The zero-order valence-electron chi connectivity index (χ0n) is 10.8. The van der Waals surface area contributed by atoms with E-state index in [2.05, 4.69) is 17.1 Å². The Labute approximate surface area is 118 Å². The summed E-state index contributed by atoms with van der Waals surface area (Å²) < 4.78 is 10.7. The molecule has 2 aromatic rings. The Kier molecular flexibility index (Phi) is 5.19. The maximum absolute atomic E-state index is 5.73. The molecule has 0 spiro atoms. The van der Waals surface area contributed by atoms with Gasteiger partial charge in [0, 0.05) is 18.9 Å². The molecule has 0 N–H and O–H groups in total. The summed E-state index contributed by atoms with van der Waals surface area (Å²) in [5, 5.41) is 0.492. The van der Waals surface area contributed by atoms with Crippen LogP contribution < -0.4 is 4.74 Å². The van der Waals surface area contributed by atoms with E-state index >= 15 is 0 Å². The summed E-state index contributed by atoms with van der Waals surface area (Å²) in [6.45, 7) is 1.22. The number of hydrogen-bond donors (Lipinski definition) is 0. The Hall–Kier alpha value is -1.58. The summed E-state index contributed by atoms with van der Waals surface area (Å²) in [6.07, 6.45) is 2.63. The first-order valence-corrected chi connectivity index (χ1v) is 6.47. The number of ether oxygens (including phenoxy) is 2. The Bertz CT molecular complexity index is 497. The Balaban J connectivity index is 1.87. The van der Waals surface area contributed by atoms with Crippen LogP contribution in [0.3, 0.4) is 0 Å². The molecule has 2 rings (SSSR count). The van der Waals surface area contributed by atoms with E-state index in [1.54, 1.807) is 19.4 Å². The highest BCUT2D eigenvalue weighted by atomic mass is 35.5. The van der Waals surface area contributed by atoms with Crippen LogP contribution in [0.1, 0.15) is 11.1 Å². The predicted octanol–water partition coefficient (Wildman–Crippen LogP) is 3.50. The van der Waals surface area contributed by atoms with Gasteiger partial charge in [-0.25, -0.2) is 4.98 Å². The molecule has 0 bridgehead atoms. The lowest BCUT2D eigenvalue weighted by Crippen LogP contribution is -1.97. The molecule has 0 amide bonds. The number of hydrogen-bond acceptors (Lipinski definition) is 3. The molecule has 0 unspecified atom stereocenters. The third kappa shape index (κ3) is 4.54. The van der Waals surface area contributed by atoms with Gasteiger partial charge in [-0.2, -0.15) is 0 Å². The van der Waals surface area contributed by atoms with Crippen molar-refractivity contribution < 1.29 is 9.47 Å². The smallest absolute Gasteiger partial charge is 0.129 e. The van der Waals surface area contributed by atoms with Crippen molar-refractivity contribution >= 4 is 11.6 Å². The molecular formula is C15H16ClNO2. The second-order valence-corrected chi connectivity index (χ2v) is 4.55. The monoisotopic (exact) mass is 277 g/mol. The number of rotatable bonds is 6. The van der Waals surface area contributed by atoms with Crippen molar-refractivity contribution in [3.63, 3.8) is 0 Å². The van der Waals surface area contributed by atoms with Gasteiger partial charge >= 0.3 is 0 Å². The first-order valence-electron chi connectivity index (χ1n) is 6.09. The van der Waals surface area contributed by atoms with Gasteiger partial charge in [-0.1, -0.05) is 29.8 Å². The molecule has 4 heteroatoms. The Morgan fingerprint density at radius 1 is 1.05 bits per heavy atom. The van der Waals surface area contributed by atoms with Gasteiger partial charge in [0.05, 0.1) is 6.61 Å². The Morgan fingerprint density at radius 2 is 1.79 bits per heavy atom. The number of nitrogens with zero attached hydrogens (tertiary/aromatic N) is 1. The molecule has 3 nitrogen and oxygen atoms in total. The van der Waals surface area contributed by atoms with Crippen molar-refractivity contribution in [1.29, 1.82) is 0 Å². The second-order valence-electron chi connectivity index (χ2n) is 4.16. The average molecular weight is 278 g/mol. The van der Waals surface area contributed by atoms with Gasteiger partial charge in [0.15, 0.2) is 0 Å². The first-order chi connectivity index (χ1) is 9.28. The van der Waals surface area contributed by atoms with Crippen LogP contribution >= 0.6 is 11.6 Å². The van der Waals surface area contributed by atoms with Gasteiger partial charge in [-0.15, -0.1) is 0 Å². The van der Waals surface area contributed by atoms with Crippen LogP contribution in [0.5, 0.6) is 5.75 Å². The fourth-order valence-corrected chi connectivity index (χ4v) is 1.74. The summed E-state index contributed by atoms with van der Waals surface area (Å²) in [4.78, 5) is 4.01. The van der Waals surface area contributed by atoms with E-state index in [0.717, 1.165) is 24.3 Å². The van der Waals surface area contributed by atoms with E-state index in [-0.39, 0.29) is 0 Å². The molecule has 0 atom stereocenters. The molecule has 0 aliphatic heterocycles. The predicted molar refractivity (Wildman–Crippen MR) is 75.6 cm³/mol. The van der Waals surface area contributed by atoms with Crippen LogP contribution in [0.4, 0.5) is 0 Å². The van der Waals surface area contributed by atoms with Gasteiger partial charge in [-0.05, 0) is 30.2 Å². The van der Waals surface area contributed by atoms with Crippen LogP contribution in [0.2, 0.25) is 5.15 Å².